The number of amides is 3. The smallest absolute Gasteiger partial charge is 0.245 e. The lowest BCUT2D eigenvalue weighted by Crippen LogP contribution is -2.54. The summed E-state index contributed by atoms with van der Waals surface area (Å²) in [5.74, 6) is 4.49. The van der Waals surface area contributed by atoms with E-state index in [9.17, 15) is 14.4 Å². The number of likely N-dealkylation sites (N-methyl/N-ethyl adjacent to an activating group) is 1. The minimum atomic E-state index is -0.788. The van der Waals surface area contributed by atoms with E-state index in [1.165, 1.54) is 6.07 Å². The fraction of sp³-hybridized carbons (Fsp3) is 0.326. The van der Waals surface area contributed by atoms with Gasteiger partial charge in [0, 0.05) is 55.0 Å². The van der Waals surface area contributed by atoms with E-state index in [0.717, 1.165) is 33.8 Å². The highest BCUT2D eigenvalue weighted by Crippen LogP contribution is 2.38. The van der Waals surface area contributed by atoms with Crippen LogP contribution in [0, 0.1) is 5.82 Å². The molecule has 0 aliphatic rings. The number of H-pyrrole nitrogens is 1. The van der Waals surface area contributed by atoms with Gasteiger partial charge in [0.25, 0.3) is 0 Å². The van der Waals surface area contributed by atoms with Gasteiger partial charge in [-0.25, -0.2) is 9.37 Å². The summed E-state index contributed by atoms with van der Waals surface area (Å²) in [5, 5.41) is 14.2. The van der Waals surface area contributed by atoms with Crippen LogP contribution < -0.4 is 39.0 Å². The van der Waals surface area contributed by atoms with Crippen LogP contribution in [-0.4, -0.2) is 77.2 Å². The fourth-order valence-corrected chi connectivity index (χ4v) is 7.94. The van der Waals surface area contributed by atoms with Crippen molar-refractivity contribution < 1.29 is 18.8 Å². The minimum absolute atomic E-state index is 0.0515. The SMILES string of the molecule is CC(Cc1c[nH]c2ccccc12)N(C)C(=O)C(CCCN)NC(=O)C(CCCN)NCc1cccnc1Sc1c(F)ccc(-c2ccc(/C(N)=N/N)cc2)c1CNC=O. The first-order valence-electron chi connectivity index (χ1n) is 19.6. The van der Waals surface area contributed by atoms with Crippen LogP contribution in [0.3, 0.4) is 0 Å². The van der Waals surface area contributed by atoms with Gasteiger partial charge in [-0.05, 0) is 98.1 Å². The van der Waals surface area contributed by atoms with Gasteiger partial charge in [-0.15, -0.1) is 0 Å². The molecule has 3 atom stereocenters. The highest BCUT2D eigenvalue weighted by molar-refractivity contribution is 7.99. The molecule has 0 fully saturated rings. The Morgan fingerprint density at radius 1 is 0.966 bits per heavy atom. The molecule has 0 bridgehead atoms. The number of pyridine rings is 1. The van der Waals surface area contributed by atoms with Gasteiger partial charge in [-0.3, -0.25) is 14.4 Å². The molecule has 0 spiro atoms. The van der Waals surface area contributed by atoms with Crippen molar-refractivity contribution in [3.8, 4) is 11.1 Å². The predicted octanol–water partition coefficient (Wildman–Crippen LogP) is 3.86. The molecule has 3 aromatic carbocycles. The maximum absolute atomic E-state index is 15.8. The van der Waals surface area contributed by atoms with Gasteiger partial charge in [0.1, 0.15) is 22.7 Å². The van der Waals surface area contributed by atoms with E-state index in [1.54, 1.807) is 42.4 Å². The predicted molar refractivity (Wildman–Crippen MR) is 231 cm³/mol. The number of carbonyl (C=O) groups excluding carboxylic acids is 3. The summed E-state index contributed by atoms with van der Waals surface area (Å²) in [4.78, 5) is 49.3. The molecule has 0 radical (unpaired) electrons. The molecule has 3 unspecified atom stereocenters. The second-order valence-electron chi connectivity index (χ2n) is 14.3. The third-order valence-corrected chi connectivity index (χ3v) is 11.5. The summed E-state index contributed by atoms with van der Waals surface area (Å²) in [7, 11) is 1.76. The zero-order valence-corrected chi connectivity index (χ0v) is 34.2. The molecule has 14 nitrogen and oxygen atoms in total. The molecule has 0 saturated heterocycles. The highest BCUT2D eigenvalue weighted by Gasteiger charge is 2.29. The summed E-state index contributed by atoms with van der Waals surface area (Å²) in [5.41, 5.74) is 23.1. The maximum Gasteiger partial charge on any atom is 0.245 e. The van der Waals surface area contributed by atoms with E-state index < -0.39 is 17.9 Å². The molecule has 0 saturated carbocycles. The molecule has 16 heteroatoms. The van der Waals surface area contributed by atoms with Crippen molar-refractivity contribution in [2.75, 3.05) is 20.1 Å². The number of aromatic amines is 1. The standard InChI is InChI=1S/C43H54FN11O3S/c1-27(22-31-24-51-36-10-4-3-9-33(31)36)55(2)43(58)38(12-6-20-46)53-41(57)37(11-5-19-45)52-23-30-8-7-21-50-42(30)59-39-34(25-49-26-56)32(17-18-35(39)44)28-13-15-29(16-14-28)40(47)54-48/h3-4,7-10,13-18,21,24,26-27,37-38,51-52H,5-6,11-12,19-20,22-23,25,45-46,48H2,1-2H3,(H2,47,54)(H,49,56)(H,53,57). The number of nitrogens with zero attached hydrogens (tertiary/aromatic N) is 3. The first-order chi connectivity index (χ1) is 28.6. The van der Waals surface area contributed by atoms with Crippen molar-refractivity contribution in [2.45, 2.75) is 80.2 Å². The third kappa shape index (κ3) is 11.4. The Kier molecular flexibility index (Phi) is 16.4. The van der Waals surface area contributed by atoms with Gasteiger partial charge in [0.05, 0.1) is 10.9 Å². The quantitative estimate of drug-likeness (QED) is 0.0165. The van der Waals surface area contributed by atoms with Crippen molar-refractivity contribution in [1.82, 2.24) is 30.8 Å². The fourth-order valence-electron chi connectivity index (χ4n) is 6.89. The van der Waals surface area contributed by atoms with Crippen molar-refractivity contribution in [2.24, 2.45) is 28.1 Å². The number of hydrogen-bond donors (Lipinski definition) is 8. The minimum Gasteiger partial charge on any atom is -0.382 e. The monoisotopic (exact) mass is 823 g/mol. The van der Waals surface area contributed by atoms with Crippen molar-refractivity contribution >= 4 is 46.7 Å². The molecule has 2 heterocycles. The Bertz CT molecular complexity index is 2220. The lowest BCUT2D eigenvalue weighted by molar-refractivity contribution is -0.137. The number of fused-ring (bicyclic) bond motifs is 1. The van der Waals surface area contributed by atoms with Gasteiger partial charge in [0.2, 0.25) is 18.2 Å². The van der Waals surface area contributed by atoms with Crippen molar-refractivity contribution in [1.29, 1.82) is 0 Å². The summed E-state index contributed by atoms with van der Waals surface area (Å²) in [6.45, 7) is 2.99. The number of para-hydroxylation sites is 1. The van der Waals surface area contributed by atoms with Crippen LogP contribution in [0.15, 0.2) is 100 Å². The lowest BCUT2D eigenvalue weighted by atomic mass is 9.98. The molecule has 2 aromatic heterocycles. The number of rotatable bonds is 22. The van der Waals surface area contributed by atoms with Crippen LogP contribution in [0.25, 0.3) is 22.0 Å². The van der Waals surface area contributed by atoms with Gasteiger partial charge >= 0.3 is 0 Å². The zero-order valence-electron chi connectivity index (χ0n) is 33.4. The summed E-state index contributed by atoms with van der Waals surface area (Å²) in [6, 6.07) is 20.2. The number of nitrogens with one attached hydrogen (secondary N) is 4. The van der Waals surface area contributed by atoms with Crippen molar-refractivity contribution in [3.63, 3.8) is 0 Å². The molecular formula is C43H54FN11O3S. The Labute approximate surface area is 348 Å². The Balaban J connectivity index is 1.33. The molecule has 5 aromatic rings. The molecule has 3 amide bonds. The average Bonchev–Trinajstić information content (AvgIpc) is 3.67. The lowest BCUT2D eigenvalue weighted by Gasteiger charge is -2.30. The summed E-state index contributed by atoms with van der Waals surface area (Å²) < 4.78 is 15.8. The van der Waals surface area contributed by atoms with Gasteiger partial charge in [0.15, 0.2) is 0 Å². The van der Waals surface area contributed by atoms with Gasteiger partial charge in [-0.1, -0.05) is 66.4 Å². The van der Waals surface area contributed by atoms with Crippen LogP contribution in [-0.2, 0) is 33.9 Å². The molecule has 5 rings (SSSR count). The average molecular weight is 824 g/mol. The maximum atomic E-state index is 15.8. The van der Waals surface area contributed by atoms with Crippen LogP contribution in [0.2, 0.25) is 0 Å². The summed E-state index contributed by atoms with van der Waals surface area (Å²) in [6.07, 6.45) is 6.67. The second kappa shape index (κ2) is 21.8. The zero-order chi connectivity index (χ0) is 42.3. The number of hydrogen-bond acceptors (Lipinski definition) is 10. The molecule has 0 aliphatic carbocycles. The largest absolute Gasteiger partial charge is 0.382 e. The topological polar surface area (TPSA) is 236 Å². The Hall–Kier alpha value is -5.81. The normalized spacial score (nSPS) is 13.1. The van der Waals surface area contributed by atoms with Gasteiger partial charge in [-0.2, -0.15) is 5.10 Å². The number of carbonyl (C=O) groups is 3. The Morgan fingerprint density at radius 2 is 1.69 bits per heavy atom. The first kappa shape index (κ1) is 44.3. The van der Waals surface area contributed by atoms with Crippen LogP contribution in [0.4, 0.5) is 4.39 Å². The number of amidine groups is 1. The second-order valence-corrected chi connectivity index (χ2v) is 15.3. The highest BCUT2D eigenvalue weighted by atomic mass is 32.2. The number of nitrogens with two attached hydrogens (primary N) is 4. The van der Waals surface area contributed by atoms with E-state index >= 15 is 4.39 Å². The molecule has 59 heavy (non-hydrogen) atoms. The van der Waals surface area contributed by atoms with Gasteiger partial charge < -0.3 is 48.9 Å². The molecule has 0 aliphatic heterocycles. The van der Waals surface area contributed by atoms with Crippen LogP contribution in [0.5, 0.6) is 0 Å². The number of halogens is 1. The van der Waals surface area contributed by atoms with Crippen LogP contribution >= 0.6 is 11.8 Å². The summed E-state index contributed by atoms with van der Waals surface area (Å²) >= 11 is 1.13. The molecule has 12 N–H and O–H groups in total. The third-order valence-electron chi connectivity index (χ3n) is 10.3. The van der Waals surface area contributed by atoms with E-state index in [1.807, 2.05) is 49.5 Å². The van der Waals surface area contributed by atoms with Crippen LogP contribution in [0.1, 0.15) is 54.9 Å². The molecular weight excluding hydrogens is 770 g/mol. The molecule has 312 valence electrons. The van der Waals surface area contributed by atoms with Crippen molar-refractivity contribution in [3.05, 3.63) is 113 Å². The van der Waals surface area contributed by atoms with E-state index in [0.29, 0.717) is 78.9 Å². The van der Waals surface area contributed by atoms with E-state index in [-0.39, 0.29) is 41.7 Å². The number of benzene rings is 3. The number of aromatic nitrogens is 2. The first-order valence-corrected chi connectivity index (χ1v) is 20.4. The van der Waals surface area contributed by atoms with E-state index in [4.69, 9.17) is 23.0 Å². The Morgan fingerprint density at radius 3 is 2.41 bits per heavy atom. The number of hydrazone groups is 1. The van der Waals surface area contributed by atoms with E-state index in [2.05, 4.69) is 37.1 Å².